The number of hydrogen-bond donors (Lipinski definition) is 1. The molecule has 0 saturated carbocycles. The van der Waals surface area contributed by atoms with Crippen LogP contribution < -0.4 is 5.32 Å². The first-order valence-electron chi connectivity index (χ1n) is 9.28. The molecule has 0 aromatic heterocycles. The number of nitrogens with zero attached hydrogens (tertiary/aromatic N) is 1. The van der Waals surface area contributed by atoms with Crippen molar-refractivity contribution >= 4 is 23.5 Å². The lowest BCUT2D eigenvalue weighted by Crippen LogP contribution is -2.28. The molecule has 1 aliphatic rings. The summed E-state index contributed by atoms with van der Waals surface area (Å²) < 4.78 is 5.16. The van der Waals surface area contributed by atoms with E-state index in [2.05, 4.69) is 5.32 Å². The lowest BCUT2D eigenvalue weighted by molar-refractivity contribution is -0.151. The molecule has 1 atom stereocenters. The van der Waals surface area contributed by atoms with Gasteiger partial charge in [0.05, 0.1) is 5.92 Å². The van der Waals surface area contributed by atoms with Crippen molar-refractivity contribution in [2.75, 3.05) is 18.5 Å². The maximum absolute atomic E-state index is 12.3. The van der Waals surface area contributed by atoms with Gasteiger partial charge in [0.15, 0.2) is 6.61 Å². The van der Waals surface area contributed by atoms with Gasteiger partial charge in [0.25, 0.3) is 5.91 Å². The topological polar surface area (TPSA) is 75.7 Å². The van der Waals surface area contributed by atoms with Crippen molar-refractivity contribution in [1.29, 1.82) is 0 Å². The smallest absolute Gasteiger partial charge is 0.311 e. The van der Waals surface area contributed by atoms with Crippen LogP contribution in [0.3, 0.4) is 0 Å². The molecular formula is C22H24N2O4. The van der Waals surface area contributed by atoms with Gasteiger partial charge in [-0.3, -0.25) is 14.4 Å². The molecule has 2 amide bonds. The second-order valence-electron chi connectivity index (χ2n) is 7.08. The zero-order valence-electron chi connectivity index (χ0n) is 16.1. The molecule has 1 fully saturated rings. The summed E-state index contributed by atoms with van der Waals surface area (Å²) in [4.78, 5) is 38.3. The van der Waals surface area contributed by atoms with E-state index in [0.29, 0.717) is 13.1 Å². The minimum Gasteiger partial charge on any atom is -0.455 e. The summed E-state index contributed by atoms with van der Waals surface area (Å²) in [7, 11) is 0. The van der Waals surface area contributed by atoms with Crippen LogP contribution in [0.5, 0.6) is 0 Å². The highest BCUT2D eigenvalue weighted by Gasteiger charge is 2.35. The number of hydrogen-bond acceptors (Lipinski definition) is 4. The number of esters is 1. The number of rotatable bonds is 6. The van der Waals surface area contributed by atoms with Crippen molar-refractivity contribution in [2.24, 2.45) is 5.92 Å². The molecule has 6 nitrogen and oxygen atoms in total. The molecule has 2 aromatic rings. The quantitative estimate of drug-likeness (QED) is 0.782. The lowest BCUT2D eigenvalue weighted by atomic mass is 10.1. The van der Waals surface area contributed by atoms with Crippen molar-refractivity contribution in [3.05, 3.63) is 65.2 Å². The molecular weight excluding hydrogens is 356 g/mol. The normalized spacial score (nSPS) is 16.1. The Bertz CT molecular complexity index is 859. The molecule has 3 rings (SSSR count). The van der Waals surface area contributed by atoms with E-state index in [1.807, 2.05) is 62.4 Å². The SMILES string of the molecule is Cc1cccc(C)c1NC(=O)COC(=O)[C@@H]1CC(=O)N(Cc2ccccc2)C1. The van der Waals surface area contributed by atoms with Crippen molar-refractivity contribution in [3.63, 3.8) is 0 Å². The van der Waals surface area contributed by atoms with Gasteiger partial charge in [0.1, 0.15) is 0 Å². The number of benzene rings is 2. The molecule has 2 aromatic carbocycles. The average molecular weight is 380 g/mol. The summed E-state index contributed by atoms with van der Waals surface area (Å²) in [6, 6.07) is 15.3. The average Bonchev–Trinajstić information content (AvgIpc) is 3.04. The molecule has 1 heterocycles. The van der Waals surface area contributed by atoms with E-state index in [4.69, 9.17) is 4.74 Å². The molecule has 146 valence electrons. The van der Waals surface area contributed by atoms with Gasteiger partial charge in [-0.2, -0.15) is 0 Å². The summed E-state index contributed by atoms with van der Waals surface area (Å²) in [6.07, 6.45) is 0.115. The molecule has 1 saturated heterocycles. The van der Waals surface area contributed by atoms with E-state index in [-0.39, 0.29) is 18.9 Å². The van der Waals surface area contributed by atoms with Gasteiger partial charge >= 0.3 is 5.97 Å². The summed E-state index contributed by atoms with van der Waals surface area (Å²) >= 11 is 0. The summed E-state index contributed by atoms with van der Waals surface area (Å²) in [5, 5.41) is 2.78. The number of para-hydroxylation sites is 1. The van der Waals surface area contributed by atoms with E-state index in [9.17, 15) is 14.4 Å². The molecule has 6 heteroatoms. The Morgan fingerprint density at radius 1 is 1.07 bits per heavy atom. The van der Waals surface area contributed by atoms with Gasteiger partial charge in [-0.1, -0.05) is 48.5 Å². The predicted molar refractivity (Wildman–Crippen MR) is 105 cm³/mol. The second kappa shape index (κ2) is 8.69. The third kappa shape index (κ3) is 4.76. The van der Waals surface area contributed by atoms with Gasteiger partial charge < -0.3 is 15.0 Å². The summed E-state index contributed by atoms with van der Waals surface area (Å²) in [6.45, 7) is 4.22. The molecule has 0 unspecified atom stereocenters. The molecule has 0 radical (unpaired) electrons. The molecule has 0 aliphatic carbocycles. The van der Waals surface area contributed by atoms with E-state index >= 15 is 0 Å². The minimum absolute atomic E-state index is 0.0780. The third-order valence-corrected chi connectivity index (χ3v) is 4.86. The van der Waals surface area contributed by atoms with E-state index < -0.39 is 17.8 Å². The Morgan fingerprint density at radius 3 is 2.43 bits per heavy atom. The van der Waals surface area contributed by atoms with Crippen LogP contribution in [-0.4, -0.2) is 35.8 Å². The van der Waals surface area contributed by atoms with Gasteiger partial charge in [-0.05, 0) is 30.5 Å². The Kier molecular flexibility index (Phi) is 6.09. The van der Waals surface area contributed by atoms with Crippen molar-refractivity contribution in [1.82, 2.24) is 4.90 Å². The zero-order valence-corrected chi connectivity index (χ0v) is 16.1. The van der Waals surface area contributed by atoms with Crippen LogP contribution in [0.25, 0.3) is 0 Å². The van der Waals surface area contributed by atoms with Crippen LogP contribution in [0.1, 0.15) is 23.1 Å². The van der Waals surface area contributed by atoms with Crippen molar-refractivity contribution < 1.29 is 19.1 Å². The number of amides is 2. The van der Waals surface area contributed by atoms with Crippen LogP contribution in [0.4, 0.5) is 5.69 Å². The Hall–Kier alpha value is -3.15. The van der Waals surface area contributed by atoms with Crippen molar-refractivity contribution in [2.45, 2.75) is 26.8 Å². The number of aryl methyl sites for hydroxylation is 2. The largest absolute Gasteiger partial charge is 0.455 e. The van der Waals surface area contributed by atoms with Crippen LogP contribution in [0.2, 0.25) is 0 Å². The number of anilines is 1. The highest BCUT2D eigenvalue weighted by atomic mass is 16.5. The Morgan fingerprint density at radius 2 is 1.75 bits per heavy atom. The maximum Gasteiger partial charge on any atom is 0.311 e. The van der Waals surface area contributed by atoms with E-state index in [1.165, 1.54) is 0 Å². The number of likely N-dealkylation sites (tertiary alicyclic amines) is 1. The van der Waals surface area contributed by atoms with Crippen LogP contribution in [0, 0.1) is 19.8 Å². The third-order valence-electron chi connectivity index (χ3n) is 4.86. The predicted octanol–water partition coefficient (Wildman–Crippen LogP) is 2.83. The van der Waals surface area contributed by atoms with Gasteiger partial charge in [0, 0.05) is 25.2 Å². The van der Waals surface area contributed by atoms with E-state index in [1.54, 1.807) is 4.90 Å². The monoisotopic (exact) mass is 380 g/mol. The number of carbonyl (C=O) groups is 3. The van der Waals surface area contributed by atoms with E-state index in [0.717, 1.165) is 22.4 Å². The Labute approximate surface area is 164 Å². The van der Waals surface area contributed by atoms with Crippen LogP contribution in [0.15, 0.2) is 48.5 Å². The number of carbonyl (C=O) groups excluding carboxylic acids is 3. The fourth-order valence-electron chi connectivity index (χ4n) is 3.33. The van der Waals surface area contributed by atoms with Gasteiger partial charge in [-0.15, -0.1) is 0 Å². The highest BCUT2D eigenvalue weighted by Crippen LogP contribution is 2.22. The molecule has 28 heavy (non-hydrogen) atoms. The lowest BCUT2D eigenvalue weighted by Gasteiger charge is -2.16. The molecule has 0 spiro atoms. The molecule has 0 bridgehead atoms. The first-order valence-corrected chi connectivity index (χ1v) is 9.28. The zero-order chi connectivity index (χ0) is 20.1. The standard InChI is InChI=1S/C22H24N2O4/c1-15-7-6-8-16(2)21(15)23-19(25)14-28-22(27)18-11-20(26)24(13-18)12-17-9-4-3-5-10-17/h3-10,18H,11-14H2,1-2H3,(H,23,25)/t18-/m1/s1. The summed E-state index contributed by atoms with van der Waals surface area (Å²) in [5.41, 5.74) is 3.63. The van der Waals surface area contributed by atoms with Crippen LogP contribution in [-0.2, 0) is 25.7 Å². The highest BCUT2D eigenvalue weighted by molar-refractivity contribution is 5.95. The second-order valence-corrected chi connectivity index (χ2v) is 7.08. The number of nitrogens with one attached hydrogen (secondary N) is 1. The first kappa shape index (κ1) is 19.6. The maximum atomic E-state index is 12.3. The van der Waals surface area contributed by atoms with Crippen molar-refractivity contribution in [3.8, 4) is 0 Å². The fourth-order valence-corrected chi connectivity index (χ4v) is 3.33. The van der Waals surface area contributed by atoms with Gasteiger partial charge in [-0.25, -0.2) is 0 Å². The molecule has 1 N–H and O–H groups in total. The minimum atomic E-state index is -0.538. The molecule has 1 aliphatic heterocycles. The summed E-state index contributed by atoms with van der Waals surface area (Å²) in [5.74, 6) is -1.52. The first-order chi connectivity index (χ1) is 13.4. The van der Waals surface area contributed by atoms with Gasteiger partial charge in [0.2, 0.25) is 5.91 Å². The Balaban J connectivity index is 1.50. The number of ether oxygens (including phenoxy) is 1. The van der Waals surface area contributed by atoms with Crippen LogP contribution >= 0.6 is 0 Å². The fraction of sp³-hybridized carbons (Fsp3) is 0.318.